The SMILES string of the molecule is COCC(N)C(=O)Nc1ccc(C)c([N+](=O)[O-])c1. The molecule has 0 heterocycles. The van der Waals surface area contributed by atoms with Gasteiger partial charge in [-0.1, -0.05) is 6.07 Å². The number of carbonyl (C=O) groups excluding carboxylic acids is 1. The fourth-order valence-corrected chi connectivity index (χ4v) is 1.37. The van der Waals surface area contributed by atoms with Crippen molar-refractivity contribution in [3.8, 4) is 0 Å². The van der Waals surface area contributed by atoms with E-state index >= 15 is 0 Å². The van der Waals surface area contributed by atoms with Gasteiger partial charge in [0.2, 0.25) is 5.91 Å². The Labute approximate surface area is 104 Å². The molecule has 0 bridgehead atoms. The van der Waals surface area contributed by atoms with E-state index in [0.717, 1.165) is 0 Å². The number of nitrogens with one attached hydrogen (secondary N) is 1. The zero-order valence-corrected chi connectivity index (χ0v) is 10.2. The van der Waals surface area contributed by atoms with Crippen LogP contribution < -0.4 is 11.1 Å². The molecule has 1 amide bonds. The van der Waals surface area contributed by atoms with E-state index < -0.39 is 16.9 Å². The van der Waals surface area contributed by atoms with Crippen molar-refractivity contribution in [3.05, 3.63) is 33.9 Å². The summed E-state index contributed by atoms with van der Waals surface area (Å²) in [4.78, 5) is 21.8. The van der Waals surface area contributed by atoms with Crippen LogP contribution in [0.15, 0.2) is 18.2 Å². The summed E-state index contributed by atoms with van der Waals surface area (Å²) in [6, 6.07) is 3.64. The maximum atomic E-state index is 11.6. The Morgan fingerprint density at radius 1 is 1.61 bits per heavy atom. The summed E-state index contributed by atoms with van der Waals surface area (Å²) in [6.45, 7) is 1.71. The highest BCUT2D eigenvalue weighted by Gasteiger charge is 2.16. The van der Waals surface area contributed by atoms with Gasteiger partial charge in [0.25, 0.3) is 5.69 Å². The summed E-state index contributed by atoms with van der Waals surface area (Å²) in [5.74, 6) is -0.449. The van der Waals surface area contributed by atoms with Crippen LogP contribution in [0.1, 0.15) is 5.56 Å². The van der Waals surface area contributed by atoms with Crippen molar-refractivity contribution in [1.82, 2.24) is 0 Å². The summed E-state index contributed by atoms with van der Waals surface area (Å²) in [5, 5.41) is 13.2. The fourth-order valence-electron chi connectivity index (χ4n) is 1.37. The second kappa shape index (κ2) is 6.08. The van der Waals surface area contributed by atoms with Gasteiger partial charge in [-0.15, -0.1) is 0 Å². The van der Waals surface area contributed by atoms with Gasteiger partial charge >= 0.3 is 0 Å². The van der Waals surface area contributed by atoms with E-state index in [-0.39, 0.29) is 12.3 Å². The van der Waals surface area contributed by atoms with E-state index in [0.29, 0.717) is 11.3 Å². The lowest BCUT2D eigenvalue weighted by Gasteiger charge is -2.11. The zero-order chi connectivity index (χ0) is 13.7. The van der Waals surface area contributed by atoms with Crippen LogP contribution in [0.4, 0.5) is 11.4 Å². The molecule has 1 atom stereocenters. The first-order valence-corrected chi connectivity index (χ1v) is 5.26. The van der Waals surface area contributed by atoms with Gasteiger partial charge in [0.1, 0.15) is 6.04 Å². The number of benzene rings is 1. The number of ether oxygens (including phenoxy) is 1. The van der Waals surface area contributed by atoms with Crippen LogP contribution in [0.5, 0.6) is 0 Å². The van der Waals surface area contributed by atoms with E-state index in [1.807, 2.05) is 0 Å². The minimum Gasteiger partial charge on any atom is -0.383 e. The van der Waals surface area contributed by atoms with E-state index in [2.05, 4.69) is 5.32 Å². The average Bonchev–Trinajstić information content (AvgIpc) is 2.31. The van der Waals surface area contributed by atoms with E-state index in [1.165, 1.54) is 13.2 Å². The summed E-state index contributed by atoms with van der Waals surface area (Å²) in [6.07, 6.45) is 0. The molecule has 0 fully saturated rings. The van der Waals surface area contributed by atoms with Crippen LogP contribution in [0.3, 0.4) is 0 Å². The van der Waals surface area contributed by atoms with Crippen molar-refractivity contribution in [3.63, 3.8) is 0 Å². The smallest absolute Gasteiger partial charge is 0.274 e. The van der Waals surface area contributed by atoms with Crippen LogP contribution in [0, 0.1) is 17.0 Å². The van der Waals surface area contributed by atoms with Crippen molar-refractivity contribution >= 4 is 17.3 Å². The molecule has 0 aliphatic carbocycles. The van der Waals surface area contributed by atoms with Gasteiger partial charge in [-0.2, -0.15) is 0 Å². The highest BCUT2D eigenvalue weighted by molar-refractivity contribution is 5.95. The maximum absolute atomic E-state index is 11.6. The minimum absolute atomic E-state index is 0.0480. The predicted octanol–water partition coefficient (Wildman–Crippen LogP) is 0.815. The van der Waals surface area contributed by atoms with Crippen molar-refractivity contribution in [1.29, 1.82) is 0 Å². The number of hydrogen-bond donors (Lipinski definition) is 2. The molecule has 1 aromatic carbocycles. The molecular weight excluding hydrogens is 238 g/mol. The number of nitrogens with two attached hydrogens (primary N) is 1. The van der Waals surface area contributed by atoms with E-state index in [4.69, 9.17) is 10.5 Å². The van der Waals surface area contributed by atoms with Gasteiger partial charge in [0.05, 0.1) is 11.5 Å². The lowest BCUT2D eigenvalue weighted by molar-refractivity contribution is -0.385. The number of nitrogens with zero attached hydrogens (tertiary/aromatic N) is 1. The highest BCUT2D eigenvalue weighted by atomic mass is 16.6. The first-order valence-electron chi connectivity index (χ1n) is 5.26. The number of nitro benzene ring substituents is 1. The van der Waals surface area contributed by atoms with Crippen molar-refractivity contribution in [2.45, 2.75) is 13.0 Å². The van der Waals surface area contributed by atoms with Gasteiger partial charge < -0.3 is 15.8 Å². The summed E-state index contributed by atoms with van der Waals surface area (Å²) in [7, 11) is 1.43. The fraction of sp³-hybridized carbons (Fsp3) is 0.364. The molecule has 0 aliphatic heterocycles. The topological polar surface area (TPSA) is 107 Å². The molecule has 0 aliphatic rings. The van der Waals surface area contributed by atoms with Crippen molar-refractivity contribution in [2.75, 3.05) is 19.0 Å². The van der Waals surface area contributed by atoms with Crippen LogP contribution in [0.25, 0.3) is 0 Å². The molecule has 98 valence electrons. The Morgan fingerprint density at radius 2 is 2.28 bits per heavy atom. The Kier molecular flexibility index (Phi) is 4.75. The molecule has 7 heteroatoms. The molecule has 7 nitrogen and oxygen atoms in total. The normalized spacial score (nSPS) is 11.9. The van der Waals surface area contributed by atoms with Crippen LogP contribution in [-0.2, 0) is 9.53 Å². The maximum Gasteiger partial charge on any atom is 0.274 e. The molecule has 3 N–H and O–H groups in total. The molecule has 18 heavy (non-hydrogen) atoms. The highest BCUT2D eigenvalue weighted by Crippen LogP contribution is 2.22. The Balaban J connectivity index is 2.82. The van der Waals surface area contributed by atoms with E-state index in [9.17, 15) is 14.9 Å². The lowest BCUT2D eigenvalue weighted by Crippen LogP contribution is -2.39. The number of nitro groups is 1. The van der Waals surface area contributed by atoms with Crippen LogP contribution in [-0.4, -0.2) is 30.6 Å². The third kappa shape index (κ3) is 3.51. The van der Waals surface area contributed by atoms with Crippen molar-refractivity contribution in [2.24, 2.45) is 5.73 Å². The standard InChI is InChI=1S/C11H15N3O4/c1-7-3-4-8(5-10(7)14(16)17)13-11(15)9(12)6-18-2/h3-5,9H,6,12H2,1-2H3,(H,13,15). The van der Waals surface area contributed by atoms with Gasteiger partial charge in [-0.25, -0.2) is 0 Å². The van der Waals surface area contributed by atoms with Gasteiger partial charge in [0, 0.05) is 24.4 Å². The number of hydrogen-bond acceptors (Lipinski definition) is 5. The minimum atomic E-state index is -0.810. The Hall–Kier alpha value is -1.99. The lowest BCUT2D eigenvalue weighted by atomic mass is 10.2. The van der Waals surface area contributed by atoms with E-state index in [1.54, 1.807) is 19.1 Å². The number of aryl methyl sites for hydroxylation is 1. The summed E-state index contributed by atoms with van der Waals surface area (Å²) < 4.78 is 4.75. The van der Waals surface area contributed by atoms with Gasteiger partial charge in [-0.3, -0.25) is 14.9 Å². The molecule has 1 unspecified atom stereocenters. The molecule has 0 saturated carbocycles. The van der Waals surface area contributed by atoms with Crippen LogP contribution in [0.2, 0.25) is 0 Å². The monoisotopic (exact) mass is 253 g/mol. The first kappa shape index (κ1) is 14.1. The quantitative estimate of drug-likeness (QED) is 0.596. The molecule has 0 spiro atoms. The number of carbonyl (C=O) groups is 1. The second-order valence-corrected chi connectivity index (χ2v) is 3.81. The molecule has 0 radical (unpaired) electrons. The second-order valence-electron chi connectivity index (χ2n) is 3.81. The third-order valence-corrected chi connectivity index (χ3v) is 2.36. The number of rotatable bonds is 5. The molecule has 0 saturated heterocycles. The van der Waals surface area contributed by atoms with Crippen LogP contribution >= 0.6 is 0 Å². The number of methoxy groups -OCH3 is 1. The summed E-state index contributed by atoms with van der Waals surface area (Å²) >= 11 is 0. The number of amides is 1. The Bertz CT molecular complexity index is 462. The molecular formula is C11H15N3O4. The molecule has 1 aromatic rings. The summed E-state index contributed by atoms with van der Waals surface area (Å²) in [5.41, 5.74) is 6.35. The average molecular weight is 253 g/mol. The van der Waals surface area contributed by atoms with Crippen molar-refractivity contribution < 1.29 is 14.5 Å². The zero-order valence-electron chi connectivity index (χ0n) is 10.2. The third-order valence-electron chi connectivity index (χ3n) is 2.36. The molecule has 1 rings (SSSR count). The molecule has 0 aromatic heterocycles. The Morgan fingerprint density at radius 3 is 2.83 bits per heavy atom. The first-order chi connectivity index (χ1) is 8.45. The number of anilines is 1. The van der Waals surface area contributed by atoms with Gasteiger partial charge in [0.15, 0.2) is 0 Å². The predicted molar refractivity (Wildman–Crippen MR) is 66.3 cm³/mol. The van der Waals surface area contributed by atoms with Gasteiger partial charge in [-0.05, 0) is 13.0 Å². The largest absolute Gasteiger partial charge is 0.383 e.